The summed E-state index contributed by atoms with van der Waals surface area (Å²) >= 11 is 0. The Morgan fingerprint density at radius 1 is 0.473 bits per heavy atom. The van der Waals surface area contributed by atoms with E-state index in [4.69, 9.17) is 0 Å². The van der Waals surface area contributed by atoms with Gasteiger partial charge in [-0.15, -0.1) is 0 Å². The Morgan fingerprint density at radius 3 is 1.33 bits per heavy atom. The third kappa shape index (κ3) is 8.65. The molecule has 286 valence electrons. The molecular formula is C43H48N6O5S. The molecule has 0 aliphatic carbocycles. The maximum absolute atomic E-state index is 14.0. The van der Waals surface area contributed by atoms with Crippen molar-refractivity contribution in [3.63, 3.8) is 0 Å². The lowest BCUT2D eigenvalue weighted by molar-refractivity contribution is 0.252. The van der Waals surface area contributed by atoms with E-state index in [1.165, 1.54) is 32.7 Å². The predicted molar refractivity (Wildman–Crippen MR) is 224 cm³/mol. The maximum atomic E-state index is 14.0. The summed E-state index contributed by atoms with van der Waals surface area (Å²) < 4.78 is 25.7. The van der Waals surface area contributed by atoms with Gasteiger partial charge in [-0.1, -0.05) is 72.8 Å². The average Bonchev–Trinajstić information content (AvgIpc) is 3.21. The Bertz CT molecular complexity index is 2260. The zero-order chi connectivity index (χ0) is 40.1. The topological polar surface area (TPSA) is 105 Å². The minimum Gasteiger partial charge on any atom is -0.297 e. The van der Waals surface area contributed by atoms with Crippen LogP contribution in [-0.4, -0.2) is 66.5 Å². The molecular weight excluding hydrogens is 713 g/mol. The van der Waals surface area contributed by atoms with Crippen molar-refractivity contribution in [2.45, 2.75) is 37.0 Å². The fraction of sp³-hybridized carbons (Fsp3) is 0.233. The quantitative estimate of drug-likeness (QED) is 0.149. The predicted octanol–water partition coefficient (Wildman–Crippen LogP) is 8.91. The molecule has 0 saturated heterocycles. The molecule has 0 fully saturated rings. The van der Waals surface area contributed by atoms with Crippen LogP contribution in [0.4, 0.5) is 48.5 Å². The highest BCUT2D eigenvalue weighted by Crippen LogP contribution is 2.33. The largest absolute Gasteiger partial charge is 0.329 e. The molecule has 0 aliphatic rings. The molecule has 12 heteroatoms. The third-order valence-corrected chi connectivity index (χ3v) is 12.0. The molecule has 0 aliphatic heterocycles. The van der Waals surface area contributed by atoms with Crippen molar-refractivity contribution < 1.29 is 22.8 Å². The molecule has 0 atom stereocenters. The van der Waals surface area contributed by atoms with E-state index in [0.717, 1.165) is 11.3 Å². The summed E-state index contributed by atoms with van der Waals surface area (Å²) in [5.41, 5.74) is 4.19. The Balaban J connectivity index is 1.33. The second-order valence-electron chi connectivity index (χ2n) is 14.2. The standard InChI is InChI=1S/C43H48N6O5S/c1-43(2,3)55(53,54)39-28-16-15-27-38(39)48(8)41(51)46(6)36-25-17-23-34(29-36)44(4)40(50)45(5)35-24-18-26-37(30-35)47(7)42(52)49(33-21-13-10-14-22-33)31-32-19-11-9-12-20-32/h9-30H,31H2,1-8H3. The molecule has 0 unspecified atom stereocenters. The number of rotatable bonds is 9. The Labute approximate surface area is 324 Å². The Hall–Kier alpha value is -6.14. The molecule has 0 N–H and O–H groups in total. The first-order valence-corrected chi connectivity index (χ1v) is 19.2. The van der Waals surface area contributed by atoms with Gasteiger partial charge in [0.1, 0.15) is 0 Å². The zero-order valence-corrected chi connectivity index (χ0v) is 33.4. The van der Waals surface area contributed by atoms with Gasteiger partial charge in [0.05, 0.1) is 21.9 Å². The minimum absolute atomic E-state index is 0.0641. The molecule has 0 aromatic heterocycles. The van der Waals surface area contributed by atoms with Gasteiger partial charge in [0.25, 0.3) is 0 Å². The van der Waals surface area contributed by atoms with Gasteiger partial charge in [0.2, 0.25) is 0 Å². The van der Waals surface area contributed by atoms with Crippen LogP contribution in [0.25, 0.3) is 0 Å². The monoisotopic (exact) mass is 760 g/mol. The van der Waals surface area contributed by atoms with Crippen LogP contribution in [0.5, 0.6) is 0 Å². The SMILES string of the molecule is CN(C(=O)N(C)c1cccc(N(C)C(=O)N(Cc2ccccc2)c2ccccc2)c1)c1cccc(N(C)C(=O)N(C)c2ccccc2S(=O)(=O)C(C)(C)C)c1. The second kappa shape index (κ2) is 16.5. The summed E-state index contributed by atoms with van der Waals surface area (Å²) in [5, 5.41) is 0. The van der Waals surface area contributed by atoms with E-state index in [1.807, 2.05) is 66.7 Å². The number of amides is 6. The summed E-state index contributed by atoms with van der Waals surface area (Å²) in [7, 11) is 4.37. The van der Waals surface area contributed by atoms with E-state index in [1.54, 1.807) is 119 Å². The van der Waals surface area contributed by atoms with Crippen molar-refractivity contribution in [3.05, 3.63) is 139 Å². The summed E-state index contributed by atoms with van der Waals surface area (Å²) in [6, 6.07) is 38.8. The van der Waals surface area contributed by atoms with Crippen LogP contribution in [0, 0.1) is 0 Å². The van der Waals surface area contributed by atoms with Gasteiger partial charge in [-0.2, -0.15) is 0 Å². The van der Waals surface area contributed by atoms with Gasteiger partial charge >= 0.3 is 18.1 Å². The van der Waals surface area contributed by atoms with Crippen LogP contribution >= 0.6 is 0 Å². The number of carbonyl (C=O) groups is 3. The number of carbonyl (C=O) groups excluding carboxylic acids is 3. The number of anilines is 6. The molecule has 0 radical (unpaired) electrons. The molecule has 5 rings (SSSR count). The molecule has 0 bridgehead atoms. The van der Waals surface area contributed by atoms with Crippen molar-refractivity contribution in [1.29, 1.82) is 0 Å². The zero-order valence-electron chi connectivity index (χ0n) is 32.5. The van der Waals surface area contributed by atoms with Gasteiger partial charge < -0.3 is 0 Å². The van der Waals surface area contributed by atoms with Gasteiger partial charge in [-0.05, 0) is 87.0 Å². The highest BCUT2D eigenvalue weighted by atomic mass is 32.2. The highest BCUT2D eigenvalue weighted by Gasteiger charge is 2.34. The lowest BCUT2D eigenvalue weighted by atomic mass is 10.2. The van der Waals surface area contributed by atoms with E-state index in [-0.39, 0.29) is 22.6 Å². The van der Waals surface area contributed by atoms with Crippen LogP contribution in [0.1, 0.15) is 26.3 Å². The molecule has 0 saturated carbocycles. The van der Waals surface area contributed by atoms with Crippen LogP contribution in [0.2, 0.25) is 0 Å². The maximum Gasteiger partial charge on any atom is 0.329 e. The van der Waals surface area contributed by atoms with E-state index in [9.17, 15) is 22.8 Å². The number of para-hydroxylation sites is 2. The van der Waals surface area contributed by atoms with Crippen molar-refractivity contribution >= 4 is 62.1 Å². The van der Waals surface area contributed by atoms with E-state index in [2.05, 4.69) is 0 Å². The van der Waals surface area contributed by atoms with Crippen LogP contribution < -0.4 is 29.4 Å². The average molecular weight is 761 g/mol. The molecule has 55 heavy (non-hydrogen) atoms. The van der Waals surface area contributed by atoms with E-state index in [0.29, 0.717) is 29.3 Å². The lowest BCUT2D eigenvalue weighted by Crippen LogP contribution is -2.41. The first kappa shape index (κ1) is 40.1. The van der Waals surface area contributed by atoms with E-state index < -0.39 is 20.6 Å². The van der Waals surface area contributed by atoms with E-state index >= 15 is 0 Å². The Morgan fingerprint density at radius 2 is 0.855 bits per heavy atom. The van der Waals surface area contributed by atoms with Gasteiger partial charge in [0, 0.05) is 63.7 Å². The molecule has 0 heterocycles. The number of sulfone groups is 1. The van der Waals surface area contributed by atoms with Crippen LogP contribution in [-0.2, 0) is 16.4 Å². The fourth-order valence-corrected chi connectivity index (χ4v) is 7.33. The smallest absolute Gasteiger partial charge is 0.297 e. The summed E-state index contributed by atoms with van der Waals surface area (Å²) in [5.74, 6) is 0. The number of benzene rings is 5. The van der Waals surface area contributed by atoms with Crippen LogP contribution in [0.3, 0.4) is 0 Å². The number of hydrogen-bond acceptors (Lipinski definition) is 5. The molecule has 6 amide bonds. The summed E-state index contributed by atoms with van der Waals surface area (Å²) in [4.78, 5) is 50.7. The molecule has 11 nitrogen and oxygen atoms in total. The number of nitrogens with zero attached hydrogens (tertiary/aromatic N) is 6. The molecule has 5 aromatic rings. The fourth-order valence-electron chi connectivity index (χ4n) is 5.93. The second-order valence-corrected chi connectivity index (χ2v) is 16.8. The Kier molecular flexibility index (Phi) is 12.0. The van der Waals surface area contributed by atoms with Crippen molar-refractivity contribution in [3.8, 4) is 0 Å². The normalized spacial score (nSPS) is 11.3. The molecule has 5 aromatic carbocycles. The number of hydrogen-bond donors (Lipinski definition) is 0. The first-order chi connectivity index (χ1) is 26.0. The third-order valence-electron chi connectivity index (χ3n) is 9.45. The van der Waals surface area contributed by atoms with Gasteiger partial charge in [0.15, 0.2) is 9.84 Å². The van der Waals surface area contributed by atoms with Crippen molar-refractivity contribution in [1.82, 2.24) is 0 Å². The summed E-state index contributed by atoms with van der Waals surface area (Å²) in [6.45, 7) is 5.24. The van der Waals surface area contributed by atoms with Crippen molar-refractivity contribution in [2.75, 3.05) is 64.6 Å². The summed E-state index contributed by atoms with van der Waals surface area (Å²) in [6.07, 6.45) is 0. The van der Waals surface area contributed by atoms with Crippen molar-refractivity contribution in [2.24, 2.45) is 0 Å². The van der Waals surface area contributed by atoms with Crippen LogP contribution in [0.15, 0.2) is 138 Å². The number of urea groups is 3. The highest BCUT2D eigenvalue weighted by molar-refractivity contribution is 7.93. The van der Waals surface area contributed by atoms with Gasteiger partial charge in [-0.25, -0.2) is 22.8 Å². The lowest BCUT2D eigenvalue weighted by Gasteiger charge is -2.30. The van der Waals surface area contributed by atoms with Gasteiger partial charge in [-0.3, -0.25) is 29.4 Å². The molecule has 0 spiro atoms. The minimum atomic E-state index is -3.76. The first-order valence-electron chi connectivity index (χ1n) is 17.7.